The van der Waals surface area contributed by atoms with E-state index in [9.17, 15) is 4.79 Å². The highest BCUT2D eigenvalue weighted by Gasteiger charge is 2.19. The van der Waals surface area contributed by atoms with E-state index in [1.807, 2.05) is 6.92 Å². The van der Waals surface area contributed by atoms with Gasteiger partial charge < -0.3 is 0 Å². The van der Waals surface area contributed by atoms with Crippen molar-refractivity contribution < 1.29 is 9.63 Å². The number of hydrogen-bond acceptors (Lipinski definition) is 4. The number of carbonyl (C=O) groups excluding carboxylic acids is 1. The van der Waals surface area contributed by atoms with E-state index >= 15 is 0 Å². The highest BCUT2D eigenvalue weighted by Crippen LogP contribution is 2.20. The highest BCUT2D eigenvalue weighted by molar-refractivity contribution is 5.76. The van der Waals surface area contributed by atoms with E-state index in [1.165, 1.54) is 6.42 Å². The summed E-state index contributed by atoms with van der Waals surface area (Å²) in [6.45, 7) is 1.86. The molecule has 0 bridgehead atoms. The van der Waals surface area contributed by atoms with Gasteiger partial charge in [0, 0.05) is 12.4 Å². The standard InChI is InChI=1S/C11H15N3O2/c1-8-6-13-9(7-12-8)5-11(15)14-16-10-3-2-4-10/h6-7,10H,2-5H2,1H3,(H,14,15). The fourth-order valence-corrected chi connectivity index (χ4v) is 1.35. The summed E-state index contributed by atoms with van der Waals surface area (Å²) in [5.41, 5.74) is 3.94. The van der Waals surface area contributed by atoms with Gasteiger partial charge in [-0.2, -0.15) is 0 Å². The molecule has 0 atom stereocenters. The van der Waals surface area contributed by atoms with Crippen LogP contribution in [0.5, 0.6) is 0 Å². The van der Waals surface area contributed by atoms with Crippen LogP contribution in [0.25, 0.3) is 0 Å². The SMILES string of the molecule is Cc1cnc(CC(=O)NOC2CCC2)cn1. The fourth-order valence-electron chi connectivity index (χ4n) is 1.35. The minimum absolute atomic E-state index is 0.176. The minimum Gasteiger partial charge on any atom is -0.272 e. The number of nitrogens with zero attached hydrogens (tertiary/aromatic N) is 2. The second kappa shape index (κ2) is 5.03. The minimum atomic E-state index is -0.176. The molecule has 1 saturated carbocycles. The van der Waals surface area contributed by atoms with Crippen molar-refractivity contribution in [3.8, 4) is 0 Å². The van der Waals surface area contributed by atoms with Crippen molar-refractivity contribution in [2.24, 2.45) is 0 Å². The molecule has 1 aliphatic rings. The molecule has 0 radical (unpaired) electrons. The topological polar surface area (TPSA) is 64.1 Å². The van der Waals surface area contributed by atoms with Gasteiger partial charge in [-0.1, -0.05) is 0 Å². The third kappa shape index (κ3) is 3.00. The van der Waals surface area contributed by atoms with Crippen molar-refractivity contribution in [2.45, 2.75) is 38.7 Å². The first-order valence-electron chi connectivity index (χ1n) is 5.46. The summed E-state index contributed by atoms with van der Waals surface area (Å²) in [6.07, 6.45) is 6.92. The molecule has 2 rings (SSSR count). The Balaban J connectivity index is 1.75. The molecule has 5 nitrogen and oxygen atoms in total. The normalized spacial score (nSPS) is 15.6. The van der Waals surface area contributed by atoms with Gasteiger partial charge in [-0.15, -0.1) is 0 Å². The van der Waals surface area contributed by atoms with Gasteiger partial charge in [-0.25, -0.2) is 5.48 Å². The van der Waals surface area contributed by atoms with E-state index in [4.69, 9.17) is 4.84 Å². The van der Waals surface area contributed by atoms with E-state index in [1.54, 1.807) is 12.4 Å². The summed E-state index contributed by atoms with van der Waals surface area (Å²) in [7, 11) is 0. The van der Waals surface area contributed by atoms with E-state index in [0.717, 1.165) is 18.5 Å². The van der Waals surface area contributed by atoms with Crippen molar-refractivity contribution in [2.75, 3.05) is 0 Å². The van der Waals surface area contributed by atoms with Crippen LogP contribution in [0, 0.1) is 6.92 Å². The number of carbonyl (C=O) groups is 1. The summed E-state index contributed by atoms with van der Waals surface area (Å²) < 4.78 is 0. The molecule has 1 fully saturated rings. The predicted octanol–water partition coefficient (Wildman–Crippen LogP) is 0.928. The third-order valence-electron chi connectivity index (χ3n) is 2.57. The Morgan fingerprint density at radius 3 is 2.88 bits per heavy atom. The number of aromatic nitrogens is 2. The number of amides is 1. The van der Waals surface area contributed by atoms with Gasteiger partial charge >= 0.3 is 0 Å². The Kier molecular flexibility index (Phi) is 3.46. The number of hydrogen-bond donors (Lipinski definition) is 1. The van der Waals surface area contributed by atoms with Gasteiger partial charge in [0.05, 0.1) is 23.9 Å². The molecular formula is C11H15N3O2. The second-order valence-corrected chi connectivity index (χ2v) is 4.02. The van der Waals surface area contributed by atoms with E-state index in [0.29, 0.717) is 5.69 Å². The average Bonchev–Trinajstić information content (AvgIpc) is 2.19. The monoisotopic (exact) mass is 221 g/mol. The molecule has 1 heterocycles. The van der Waals surface area contributed by atoms with E-state index in [2.05, 4.69) is 15.4 Å². The molecule has 1 N–H and O–H groups in total. The van der Waals surface area contributed by atoms with Crippen LogP contribution in [-0.2, 0) is 16.1 Å². The van der Waals surface area contributed by atoms with Gasteiger partial charge in [0.2, 0.25) is 5.91 Å². The Labute approximate surface area is 94.2 Å². The first kappa shape index (κ1) is 11.0. The zero-order chi connectivity index (χ0) is 11.4. The van der Waals surface area contributed by atoms with Gasteiger partial charge in [0.15, 0.2) is 0 Å². The quantitative estimate of drug-likeness (QED) is 0.768. The number of rotatable bonds is 4. The van der Waals surface area contributed by atoms with Crippen molar-refractivity contribution >= 4 is 5.91 Å². The Morgan fingerprint density at radius 1 is 1.50 bits per heavy atom. The molecule has 0 aromatic carbocycles. The van der Waals surface area contributed by atoms with Crippen molar-refractivity contribution in [3.05, 3.63) is 23.8 Å². The maximum absolute atomic E-state index is 11.4. The lowest BCUT2D eigenvalue weighted by molar-refractivity contribution is -0.142. The Hall–Kier alpha value is -1.49. The van der Waals surface area contributed by atoms with Crippen LogP contribution >= 0.6 is 0 Å². The molecule has 1 amide bonds. The highest BCUT2D eigenvalue weighted by atomic mass is 16.7. The smallest absolute Gasteiger partial charge is 0.249 e. The zero-order valence-corrected chi connectivity index (χ0v) is 9.27. The van der Waals surface area contributed by atoms with Crippen molar-refractivity contribution in [3.63, 3.8) is 0 Å². The number of nitrogens with one attached hydrogen (secondary N) is 1. The molecule has 5 heteroatoms. The van der Waals surface area contributed by atoms with Gasteiger partial charge in [-0.3, -0.25) is 19.6 Å². The molecule has 0 unspecified atom stereocenters. The zero-order valence-electron chi connectivity index (χ0n) is 9.27. The van der Waals surface area contributed by atoms with Crippen LogP contribution in [0.2, 0.25) is 0 Å². The predicted molar refractivity (Wildman–Crippen MR) is 57.3 cm³/mol. The van der Waals surface area contributed by atoms with Gasteiger partial charge in [-0.05, 0) is 26.2 Å². The second-order valence-electron chi connectivity index (χ2n) is 4.02. The molecule has 1 aromatic heterocycles. The van der Waals surface area contributed by atoms with Crippen LogP contribution < -0.4 is 5.48 Å². The maximum Gasteiger partial charge on any atom is 0.249 e. The van der Waals surface area contributed by atoms with Crippen molar-refractivity contribution in [1.29, 1.82) is 0 Å². The summed E-state index contributed by atoms with van der Waals surface area (Å²) in [4.78, 5) is 24.8. The van der Waals surface area contributed by atoms with E-state index in [-0.39, 0.29) is 18.4 Å². The Morgan fingerprint density at radius 2 is 2.31 bits per heavy atom. The Bertz CT molecular complexity index is 360. The number of aryl methyl sites for hydroxylation is 1. The lowest BCUT2D eigenvalue weighted by Gasteiger charge is -2.24. The lowest BCUT2D eigenvalue weighted by Crippen LogP contribution is -2.34. The molecule has 86 valence electrons. The first-order chi connectivity index (χ1) is 7.74. The maximum atomic E-state index is 11.4. The summed E-state index contributed by atoms with van der Waals surface area (Å²) >= 11 is 0. The molecule has 16 heavy (non-hydrogen) atoms. The van der Waals surface area contributed by atoms with Crippen LogP contribution in [0.4, 0.5) is 0 Å². The third-order valence-corrected chi connectivity index (χ3v) is 2.57. The molecular weight excluding hydrogens is 206 g/mol. The number of hydroxylamine groups is 1. The van der Waals surface area contributed by atoms with Crippen LogP contribution in [0.15, 0.2) is 12.4 Å². The molecule has 0 spiro atoms. The van der Waals surface area contributed by atoms with Crippen LogP contribution in [0.3, 0.4) is 0 Å². The largest absolute Gasteiger partial charge is 0.272 e. The summed E-state index contributed by atoms with van der Waals surface area (Å²) in [5.74, 6) is -0.176. The molecule has 0 aliphatic heterocycles. The summed E-state index contributed by atoms with van der Waals surface area (Å²) in [6, 6.07) is 0. The van der Waals surface area contributed by atoms with Gasteiger partial charge in [0.25, 0.3) is 0 Å². The molecule has 1 aliphatic carbocycles. The van der Waals surface area contributed by atoms with Gasteiger partial charge in [0.1, 0.15) is 0 Å². The van der Waals surface area contributed by atoms with Crippen LogP contribution in [0.1, 0.15) is 30.7 Å². The van der Waals surface area contributed by atoms with Crippen LogP contribution in [-0.4, -0.2) is 22.0 Å². The summed E-state index contributed by atoms with van der Waals surface area (Å²) in [5, 5.41) is 0. The molecule has 0 saturated heterocycles. The van der Waals surface area contributed by atoms with E-state index < -0.39 is 0 Å². The average molecular weight is 221 g/mol. The molecule has 1 aromatic rings. The first-order valence-corrected chi connectivity index (χ1v) is 5.46. The fraction of sp³-hybridized carbons (Fsp3) is 0.545. The lowest BCUT2D eigenvalue weighted by atomic mass is 9.97. The van der Waals surface area contributed by atoms with Crippen molar-refractivity contribution in [1.82, 2.24) is 15.4 Å².